The van der Waals surface area contributed by atoms with Gasteiger partial charge in [0.05, 0.1) is 0 Å². The van der Waals surface area contributed by atoms with Crippen molar-refractivity contribution in [2.24, 2.45) is 0 Å². The Labute approximate surface area is 224 Å². The fraction of sp³-hybridized carbons (Fsp3) is 0.424. The molecule has 0 saturated carbocycles. The van der Waals surface area contributed by atoms with Crippen molar-refractivity contribution in [1.29, 1.82) is 0 Å². The molecule has 2 aromatic rings. The van der Waals surface area contributed by atoms with Crippen molar-refractivity contribution < 1.29 is 20.1 Å². The molecule has 0 aliphatic carbocycles. The van der Waals surface area contributed by atoms with Crippen molar-refractivity contribution in [3.05, 3.63) is 96.1 Å². The first-order valence-electron chi connectivity index (χ1n) is 13.5. The van der Waals surface area contributed by atoms with Crippen LogP contribution in [0.1, 0.15) is 96.1 Å². The van der Waals surface area contributed by atoms with E-state index in [1.54, 1.807) is 24.3 Å². The van der Waals surface area contributed by atoms with Gasteiger partial charge in [-0.15, -0.1) is 0 Å². The number of carboxylic acids is 1. The van der Waals surface area contributed by atoms with Gasteiger partial charge >= 0.3 is 5.97 Å². The fourth-order valence-corrected chi connectivity index (χ4v) is 3.82. The van der Waals surface area contributed by atoms with E-state index in [1.807, 2.05) is 24.3 Å². The highest BCUT2D eigenvalue weighted by Gasteiger charge is 2.22. The number of rotatable bonds is 15. The molecule has 0 atom stereocenters. The second kappa shape index (κ2) is 18.9. The molecular formula is C33H46O4. The number of hydrogen-bond donors (Lipinski definition) is 3. The smallest absolute Gasteiger partial charge is 0.303 e. The van der Waals surface area contributed by atoms with E-state index in [2.05, 4.69) is 57.2 Å². The number of hydrogen-bond acceptors (Lipinski definition) is 3. The monoisotopic (exact) mass is 506 g/mol. The molecule has 4 nitrogen and oxygen atoms in total. The summed E-state index contributed by atoms with van der Waals surface area (Å²) in [4.78, 5) is 10.3. The van der Waals surface area contributed by atoms with Crippen molar-refractivity contribution in [1.82, 2.24) is 0 Å². The molecule has 4 heteroatoms. The molecule has 0 spiro atoms. The van der Waals surface area contributed by atoms with Crippen molar-refractivity contribution >= 4 is 5.97 Å². The first-order chi connectivity index (χ1) is 17.8. The van der Waals surface area contributed by atoms with Crippen LogP contribution in [0.15, 0.2) is 85.0 Å². The van der Waals surface area contributed by atoms with Crippen LogP contribution in [0.5, 0.6) is 11.5 Å². The van der Waals surface area contributed by atoms with Gasteiger partial charge in [0.25, 0.3) is 0 Å². The Morgan fingerprint density at radius 1 is 0.676 bits per heavy atom. The molecule has 0 amide bonds. The second-order valence-electron chi connectivity index (χ2n) is 9.71. The Kier molecular flexibility index (Phi) is 16.2. The van der Waals surface area contributed by atoms with Crippen LogP contribution in [-0.2, 0) is 10.2 Å². The number of aliphatic carboxylic acids is 1. The lowest BCUT2D eigenvalue weighted by molar-refractivity contribution is -0.137. The first kappa shape index (κ1) is 31.8. The standard InChI is InChI=1S/C18H30O2.C15H16O2/c1-2-3-4-5-6-7-8-9-10-11-12-13-14-15-16-17-18(19)20;1-15(2,11-3-7-13(16)8-4-11)12-5-9-14(17)10-6-12/h3-4,6-7,9-10H,2,5,8,11-17H2,1H3,(H,19,20);3-10,16-17H,1-2H3/b4-3-,7-6-,10-9-;. The summed E-state index contributed by atoms with van der Waals surface area (Å²) in [5.74, 6) is -0.128. The molecule has 0 radical (unpaired) electrons. The minimum Gasteiger partial charge on any atom is -0.508 e. The Morgan fingerprint density at radius 2 is 1.11 bits per heavy atom. The van der Waals surface area contributed by atoms with Gasteiger partial charge in [-0.05, 0) is 73.9 Å². The third kappa shape index (κ3) is 14.8. The fourth-order valence-electron chi connectivity index (χ4n) is 3.82. The van der Waals surface area contributed by atoms with E-state index in [0.29, 0.717) is 6.42 Å². The maximum absolute atomic E-state index is 10.3. The zero-order valence-corrected chi connectivity index (χ0v) is 22.9. The van der Waals surface area contributed by atoms with E-state index in [4.69, 9.17) is 5.11 Å². The molecule has 202 valence electrons. The number of phenolic OH excluding ortho intramolecular Hbond substituents is 2. The summed E-state index contributed by atoms with van der Waals surface area (Å²) in [6.07, 6.45) is 23.4. The van der Waals surface area contributed by atoms with Crippen LogP contribution >= 0.6 is 0 Å². The van der Waals surface area contributed by atoms with Gasteiger partial charge in [-0.2, -0.15) is 0 Å². The first-order valence-corrected chi connectivity index (χ1v) is 13.5. The van der Waals surface area contributed by atoms with Crippen LogP contribution in [0.25, 0.3) is 0 Å². The van der Waals surface area contributed by atoms with Gasteiger partial charge in [0.15, 0.2) is 0 Å². The van der Waals surface area contributed by atoms with Gasteiger partial charge in [-0.3, -0.25) is 4.79 Å². The highest BCUT2D eigenvalue weighted by atomic mass is 16.4. The molecule has 2 aromatic carbocycles. The van der Waals surface area contributed by atoms with Crippen LogP contribution in [0, 0.1) is 0 Å². The summed E-state index contributed by atoms with van der Waals surface area (Å²) in [6, 6.07) is 14.4. The lowest BCUT2D eigenvalue weighted by atomic mass is 9.78. The Balaban J connectivity index is 0.000000373. The zero-order chi connectivity index (χ0) is 27.4. The summed E-state index contributed by atoms with van der Waals surface area (Å²) in [6.45, 7) is 6.38. The maximum Gasteiger partial charge on any atom is 0.303 e. The van der Waals surface area contributed by atoms with E-state index < -0.39 is 5.97 Å². The largest absolute Gasteiger partial charge is 0.508 e. The SMILES string of the molecule is CC(C)(c1ccc(O)cc1)c1ccc(O)cc1.CC/C=C\C/C=C\C/C=C\CCCCCCCC(=O)O. The predicted octanol–water partition coefficient (Wildman–Crippen LogP) is 9.08. The van der Waals surface area contributed by atoms with Crippen LogP contribution in [-0.4, -0.2) is 21.3 Å². The highest BCUT2D eigenvalue weighted by Crippen LogP contribution is 2.32. The van der Waals surface area contributed by atoms with E-state index >= 15 is 0 Å². The average molecular weight is 507 g/mol. The van der Waals surface area contributed by atoms with Gasteiger partial charge in [-0.1, -0.05) is 101 Å². The molecule has 0 aromatic heterocycles. The van der Waals surface area contributed by atoms with Crippen LogP contribution in [0.4, 0.5) is 0 Å². The molecule has 0 bridgehead atoms. The zero-order valence-electron chi connectivity index (χ0n) is 22.9. The third-order valence-corrected chi connectivity index (χ3v) is 6.22. The van der Waals surface area contributed by atoms with Crippen molar-refractivity contribution in [2.45, 2.75) is 90.4 Å². The minimum atomic E-state index is -0.675. The molecule has 3 N–H and O–H groups in total. The topological polar surface area (TPSA) is 77.8 Å². The van der Waals surface area contributed by atoms with E-state index in [-0.39, 0.29) is 16.9 Å². The number of unbranched alkanes of at least 4 members (excludes halogenated alkanes) is 5. The summed E-state index contributed by atoms with van der Waals surface area (Å²) in [5, 5.41) is 27.1. The van der Waals surface area contributed by atoms with E-state index in [1.165, 1.54) is 12.8 Å². The molecule has 0 aliphatic heterocycles. The number of carboxylic acid groups (broad SMARTS) is 1. The lowest BCUT2D eigenvalue weighted by Gasteiger charge is -2.26. The number of carbonyl (C=O) groups is 1. The van der Waals surface area contributed by atoms with Gasteiger partial charge in [0.2, 0.25) is 0 Å². The average Bonchev–Trinajstić information content (AvgIpc) is 2.87. The summed E-state index contributed by atoms with van der Waals surface area (Å²) in [7, 11) is 0. The normalized spacial score (nSPS) is 11.8. The lowest BCUT2D eigenvalue weighted by Crippen LogP contribution is -2.18. The molecule has 0 fully saturated rings. The quantitative estimate of drug-likeness (QED) is 0.166. The molecule has 0 saturated heterocycles. The molecule has 2 rings (SSSR count). The minimum absolute atomic E-state index is 0.151. The van der Waals surface area contributed by atoms with Gasteiger partial charge in [0, 0.05) is 11.8 Å². The Bertz CT molecular complexity index is 903. The summed E-state index contributed by atoms with van der Waals surface area (Å²) < 4.78 is 0. The van der Waals surface area contributed by atoms with Gasteiger partial charge < -0.3 is 15.3 Å². The number of aromatic hydroxyl groups is 2. The third-order valence-electron chi connectivity index (χ3n) is 6.22. The number of benzene rings is 2. The summed E-state index contributed by atoms with van der Waals surface area (Å²) in [5.41, 5.74) is 2.10. The van der Waals surface area contributed by atoms with Crippen LogP contribution in [0.3, 0.4) is 0 Å². The maximum atomic E-state index is 10.3. The number of phenols is 2. The highest BCUT2D eigenvalue weighted by molar-refractivity contribution is 5.66. The van der Waals surface area contributed by atoms with Gasteiger partial charge in [-0.25, -0.2) is 0 Å². The van der Waals surface area contributed by atoms with Crippen molar-refractivity contribution in [3.63, 3.8) is 0 Å². The second-order valence-corrected chi connectivity index (χ2v) is 9.71. The van der Waals surface area contributed by atoms with Crippen LogP contribution in [0.2, 0.25) is 0 Å². The van der Waals surface area contributed by atoms with E-state index in [0.717, 1.165) is 56.1 Å². The molecule has 0 heterocycles. The molecule has 37 heavy (non-hydrogen) atoms. The van der Waals surface area contributed by atoms with E-state index in [9.17, 15) is 15.0 Å². The van der Waals surface area contributed by atoms with Crippen molar-refractivity contribution in [3.8, 4) is 11.5 Å². The molecule has 0 aliphatic rings. The summed E-state index contributed by atoms with van der Waals surface area (Å²) >= 11 is 0. The van der Waals surface area contributed by atoms with Crippen LogP contribution < -0.4 is 0 Å². The van der Waals surface area contributed by atoms with Crippen molar-refractivity contribution in [2.75, 3.05) is 0 Å². The molecule has 0 unspecified atom stereocenters. The van der Waals surface area contributed by atoms with Gasteiger partial charge in [0.1, 0.15) is 11.5 Å². The Hall–Kier alpha value is -3.27. The molecular weight excluding hydrogens is 460 g/mol. The number of allylic oxidation sites excluding steroid dienone is 6. The Morgan fingerprint density at radius 3 is 1.59 bits per heavy atom. The predicted molar refractivity (Wildman–Crippen MR) is 155 cm³/mol.